The molecule has 0 amide bonds. The van der Waals surface area contributed by atoms with E-state index < -0.39 is 5.79 Å². The molecule has 72 valence electrons. The van der Waals surface area contributed by atoms with Gasteiger partial charge in [-0.25, -0.2) is 0 Å². The maximum Gasteiger partial charge on any atom is 0.163 e. The van der Waals surface area contributed by atoms with Crippen molar-refractivity contribution in [1.29, 1.82) is 0 Å². The molecule has 1 heterocycles. The molecule has 0 aromatic carbocycles. The Morgan fingerprint density at radius 3 is 2.83 bits per heavy atom. The van der Waals surface area contributed by atoms with E-state index in [0.29, 0.717) is 13.2 Å². The third-order valence-electron chi connectivity index (χ3n) is 1.73. The van der Waals surface area contributed by atoms with Crippen molar-refractivity contribution >= 4 is 0 Å². The second-order valence-electron chi connectivity index (χ2n) is 3.38. The van der Waals surface area contributed by atoms with Crippen LogP contribution in [0, 0.1) is 0 Å². The van der Waals surface area contributed by atoms with Crippen molar-refractivity contribution in [3.8, 4) is 0 Å². The zero-order valence-electron chi connectivity index (χ0n) is 7.67. The van der Waals surface area contributed by atoms with Crippen LogP contribution in [0.5, 0.6) is 0 Å². The standard InChI is InChI=1S/C8H17NO3/c1-8(2)11-6-7(12-8)5-9-3-4-10/h7,9-10H,3-6H2,1-2H3/t7-/m1/s1. The molecule has 0 radical (unpaired) electrons. The van der Waals surface area contributed by atoms with Crippen molar-refractivity contribution < 1.29 is 14.6 Å². The lowest BCUT2D eigenvalue weighted by Crippen LogP contribution is -2.31. The van der Waals surface area contributed by atoms with Crippen LogP contribution in [0.3, 0.4) is 0 Å². The van der Waals surface area contributed by atoms with E-state index in [2.05, 4.69) is 5.32 Å². The van der Waals surface area contributed by atoms with Crippen molar-refractivity contribution in [1.82, 2.24) is 5.32 Å². The van der Waals surface area contributed by atoms with Crippen LogP contribution in [0.4, 0.5) is 0 Å². The molecule has 4 nitrogen and oxygen atoms in total. The first-order valence-corrected chi connectivity index (χ1v) is 4.27. The van der Waals surface area contributed by atoms with Gasteiger partial charge in [0, 0.05) is 13.1 Å². The summed E-state index contributed by atoms with van der Waals surface area (Å²) in [4.78, 5) is 0. The van der Waals surface area contributed by atoms with Crippen LogP contribution in [-0.4, -0.2) is 43.3 Å². The van der Waals surface area contributed by atoms with E-state index >= 15 is 0 Å². The average Bonchev–Trinajstić information content (AvgIpc) is 2.31. The molecule has 1 fully saturated rings. The molecule has 0 saturated carbocycles. The monoisotopic (exact) mass is 175 g/mol. The summed E-state index contributed by atoms with van der Waals surface area (Å²) >= 11 is 0. The molecule has 4 heteroatoms. The zero-order valence-corrected chi connectivity index (χ0v) is 7.67. The van der Waals surface area contributed by atoms with Crippen LogP contribution in [-0.2, 0) is 9.47 Å². The molecule has 0 bridgehead atoms. The largest absolute Gasteiger partial charge is 0.395 e. The van der Waals surface area contributed by atoms with Crippen molar-refractivity contribution in [2.24, 2.45) is 0 Å². The Hall–Kier alpha value is -0.160. The van der Waals surface area contributed by atoms with Crippen molar-refractivity contribution in [2.45, 2.75) is 25.7 Å². The minimum Gasteiger partial charge on any atom is -0.395 e. The highest BCUT2D eigenvalue weighted by Crippen LogP contribution is 2.21. The smallest absolute Gasteiger partial charge is 0.163 e. The number of rotatable bonds is 4. The highest BCUT2D eigenvalue weighted by Gasteiger charge is 2.31. The number of aliphatic hydroxyl groups excluding tert-OH is 1. The van der Waals surface area contributed by atoms with Gasteiger partial charge in [0.05, 0.1) is 19.3 Å². The zero-order chi connectivity index (χ0) is 9.03. The Balaban J connectivity index is 2.11. The van der Waals surface area contributed by atoms with Gasteiger partial charge in [0.2, 0.25) is 0 Å². The van der Waals surface area contributed by atoms with Crippen molar-refractivity contribution in [3.05, 3.63) is 0 Å². The molecule has 2 N–H and O–H groups in total. The second kappa shape index (κ2) is 4.18. The number of ether oxygens (including phenoxy) is 2. The first-order chi connectivity index (χ1) is 5.64. The Bertz CT molecular complexity index is 138. The molecule has 1 aliphatic rings. The number of aliphatic hydroxyl groups is 1. The third-order valence-corrected chi connectivity index (χ3v) is 1.73. The van der Waals surface area contributed by atoms with Crippen LogP contribution in [0.2, 0.25) is 0 Å². The molecule has 0 aromatic heterocycles. The first-order valence-electron chi connectivity index (χ1n) is 4.27. The maximum absolute atomic E-state index is 8.51. The van der Waals surface area contributed by atoms with E-state index in [0.717, 1.165) is 6.54 Å². The first kappa shape index (κ1) is 9.92. The fourth-order valence-electron chi connectivity index (χ4n) is 1.21. The summed E-state index contributed by atoms with van der Waals surface area (Å²) in [5.41, 5.74) is 0. The van der Waals surface area contributed by atoms with Crippen LogP contribution < -0.4 is 5.32 Å². The molecule has 0 spiro atoms. The van der Waals surface area contributed by atoms with Gasteiger partial charge >= 0.3 is 0 Å². The molecule has 1 rings (SSSR count). The van der Waals surface area contributed by atoms with E-state index in [1.54, 1.807) is 0 Å². The second-order valence-corrected chi connectivity index (χ2v) is 3.38. The quantitative estimate of drug-likeness (QED) is 0.577. The van der Waals surface area contributed by atoms with Gasteiger partial charge in [-0.2, -0.15) is 0 Å². The number of nitrogens with one attached hydrogen (secondary N) is 1. The molecular weight excluding hydrogens is 158 g/mol. The molecule has 1 atom stereocenters. The summed E-state index contributed by atoms with van der Waals surface area (Å²) in [5, 5.41) is 11.6. The Morgan fingerprint density at radius 1 is 1.58 bits per heavy atom. The van der Waals surface area contributed by atoms with E-state index in [-0.39, 0.29) is 12.7 Å². The minimum absolute atomic E-state index is 0.117. The number of hydrogen-bond acceptors (Lipinski definition) is 4. The average molecular weight is 175 g/mol. The van der Waals surface area contributed by atoms with Crippen LogP contribution >= 0.6 is 0 Å². The van der Waals surface area contributed by atoms with E-state index in [4.69, 9.17) is 14.6 Å². The highest BCUT2D eigenvalue weighted by atomic mass is 16.7. The molecule has 0 unspecified atom stereocenters. The predicted octanol–water partition coefficient (Wildman–Crippen LogP) is -0.280. The van der Waals surface area contributed by atoms with Crippen LogP contribution in [0.15, 0.2) is 0 Å². The summed E-state index contributed by atoms with van der Waals surface area (Å²) in [6.45, 7) is 5.95. The fourth-order valence-corrected chi connectivity index (χ4v) is 1.21. The van der Waals surface area contributed by atoms with Gasteiger partial charge in [0.25, 0.3) is 0 Å². The van der Waals surface area contributed by atoms with E-state index in [1.165, 1.54) is 0 Å². The molecular formula is C8H17NO3. The normalized spacial score (nSPS) is 27.8. The fraction of sp³-hybridized carbons (Fsp3) is 1.00. The SMILES string of the molecule is CC1(C)OC[C@@H](CNCCO)O1. The van der Waals surface area contributed by atoms with Crippen LogP contribution in [0.1, 0.15) is 13.8 Å². The van der Waals surface area contributed by atoms with E-state index in [9.17, 15) is 0 Å². The molecule has 0 aliphatic carbocycles. The molecule has 1 aliphatic heterocycles. The lowest BCUT2D eigenvalue weighted by atomic mass is 10.3. The summed E-state index contributed by atoms with van der Waals surface area (Å²) in [6, 6.07) is 0. The van der Waals surface area contributed by atoms with Gasteiger partial charge in [-0.1, -0.05) is 0 Å². The minimum atomic E-state index is -0.439. The van der Waals surface area contributed by atoms with Gasteiger partial charge in [0.1, 0.15) is 0 Å². The van der Waals surface area contributed by atoms with Gasteiger partial charge < -0.3 is 19.9 Å². The topological polar surface area (TPSA) is 50.7 Å². The van der Waals surface area contributed by atoms with Gasteiger partial charge in [-0.3, -0.25) is 0 Å². The van der Waals surface area contributed by atoms with E-state index in [1.807, 2.05) is 13.8 Å². The van der Waals surface area contributed by atoms with Crippen molar-refractivity contribution in [3.63, 3.8) is 0 Å². The summed E-state index contributed by atoms with van der Waals surface area (Å²) in [5.74, 6) is -0.439. The number of hydrogen-bond donors (Lipinski definition) is 2. The predicted molar refractivity (Wildman–Crippen MR) is 44.9 cm³/mol. The van der Waals surface area contributed by atoms with Crippen molar-refractivity contribution in [2.75, 3.05) is 26.3 Å². The summed E-state index contributed by atoms with van der Waals surface area (Å²) in [7, 11) is 0. The molecule has 12 heavy (non-hydrogen) atoms. The van der Waals surface area contributed by atoms with Gasteiger partial charge in [-0.05, 0) is 13.8 Å². The lowest BCUT2D eigenvalue weighted by Gasteiger charge is -2.17. The van der Waals surface area contributed by atoms with Gasteiger partial charge in [-0.15, -0.1) is 0 Å². The Morgan fingerprint density at radius 2 is 2.33 bits per heavy atom. The van der Waals surface area contributed by atoms with Gasteiger partial charge in [0.15, 0.2) is 5.79 Å². The third kappa shape index (κ3) is 3.06. The highest BCUT2D eigenvalue weighted by molar-refractivity contribution is 4.72. The Labute approximate surface area is 72.9 Å². The maximum atomic E-state index is 8.51. The summed E-state index contributed by atoms with van der Waals surface area (Å²) < 4.78 is 10.9. The molecule has 0 aromatic rings. The Kier molecular flexibility index (Phi) is 3.46. The molecule has 1 saturated heterocycles. The van der Waals surface area contributed by atoms with Crippen LogP contribution in [0.25, 0.3) is 0 Å². The summed E-state index contributed by atoms with van der Waals surface area (Å²) in [6.07, 6.45) is 0.117. The lowest BCUT2D eigenvalue weighted by molar-refractivity contribution is -0.137.